The van der Waals surface area contributed by atoms with Crippen LogP contribution >= 0.6 is 0 Å². The molecule has 0 saturated heterocycles. The van der Waals surface area contributed by atoms with Crippen LogP contribution in [0, 0.1) is 0 Å². The third-order valence-corrected chi connectivity index (χ3v) is 2.94. The Bertz CT molecular complexity index is 451. The summed E-state index contributed by atoms with van der Waals surface area (Å²) in [6.45, 7) is 7.32. The number of benzene rings is 2. The average Bonchev–Trinajstić information content (AvgIpc) is 2.51. The topological polar surface area (TPSA) is 20.2 Å². The van der Waals surface area contributed by atoms with Gasteiger partial charge in [-0.1, -0.05) is 78.9 Å². The van der Waals surface area contributed by atoms with Crippen molar-refractivity contribution < 1.29 is 5.11 Å². The van der Waals surface area contributed by atoms with E-state index in [0.717, 1.165) is 5.56 Å². The molecule has 1 N–H and O–H groups in total. The third kappa shape index (κ3) is 5.25. The Kier molecular flexibility index (Phi) is 7.08. The van der Waals surface area contributed by atoms with Crippen LogP contribution in [-0.4, -0.2) is 5.11 Å². The van der Waals surface area contributed by atoms with Gasteiger partial charge in [-0.3, -0.25) is 0 Å². The van der Waals surface area contributed by atoms with Gasteiger partial charge in [-0.25, -0.2) is 0 Å². The van der Waals surface area contributed by atoms with E-state index >= 15 is 0 Å². The molecule has 20 heavy (non-hydrogen) atoms. The second kappa shape index (κ2) is 8.89. The normalized spacial score (nSPS) is 10.1. The summed E-state index contributed by atoms with van der Waals surface area (Å²) in [6.07, 6.45) is 4.55. The minimum atomic E-state index is -0.842. The van der Waals surface area contributed by atoms with Gasteiger partial charge in [0.2, 0.25) is 0 Å². The molecule has 0 fully saturated rings. The first-order valence-corrected chi connectivity index (χ1v) is 6.72. The molecule has 0 aliphatic carbocycles. The zero-order valence-corrected chi connectivity index (χ0v) is 11.8. The lowest BCUT2D eigenvalue weighted by Gasteiger charge is -2.26. The van der Waals surface area contributed by atoms with Crippen LogP contribution in [0.15, 0.2) is 92.0 Å². The molecule has 2 aromatic carbocycles. The highest BCUT2D eigenvalue weighted by atomic mass is 16.3. The van der Waals surface area contributed by atoms with Crippen molar-refractivity contribution >= 4 is 0 Å². The molecule has 0 bridgehead atoms. The van der Waals surface area contributed by atoms with E-state index in [4.69, 9.17) is 0 Å². The predicted octanol–water partition coefficient (Wildman–Crippen LogP) is 4.71. The summed E-state index contributed by atoms with van der Waals surface area (Å²) in [7, 11) is 0. The molecule has 0 aromatic heterocycles. The van der Waals surface area contributed by atoms with Crippen molar-refractivity contribution in [3.05, 3.63) is 97.6 Å². The maximum Gasteiger partial charge on any atom is 0.0964 e. The van der Waals surface area contributed by atoms with Gasteiger partial charge in [0.1, 0.15) is 0 Å². The quantitative estimate of drug-likeness (QED) is 0.777. The molecule has 0 heterocycles. The molecule has 0 spiro atoms. The van der Waals surface area contributed by atoms with Crippen molar-refractivity contribution in [2.24, 2.45) is 0 Å². The van der Waals surface area contributed by atoms with E-state index in [-0.39, 0.29) is 0 Å². The van der Waals surface area contributed by atoms with Crippen molar-refractivity contribution in [3.63, 3.8) is 0 Å². The molecule has 0 unspecified atom stereocenters. The molecule has 0 aliphatic heterocycles. The predicted molar refractivity (Wildman–Crippen MR) is 86.4 cm³/mol. The van der Waals surface area contributed by atoms with Crippen LogP contribution in [0.5, 0.6) is 0 Å². The summed E-state index contributed by atoms with van der Waals surface area (Å²) in [5, 5.41) is 10.3. The van der Waals surface area contributed by atoms with Crippen LogP contribution in [0.1, 0.15) is 18.4 Å². The van der Waals surface area contributed by atoms with E-state index < -0.39 is 5.60 Å². The Labute approximate surface area is 121 Å². The van der Waals surface area contributed by atoms with Crippen LogP contribution in [0.4, 0.5) is 0 Å². The van der Waals surface area contributed by atoms with Crippen molar-refractivity contribution in [1.82, 2.24) is 0 Å². The fourth-order valence-electron chi connectivity index (χ4n) is 1.93. The Balaban J connectivity index is 0.000000276. The minimum absolute atomic E-state index is 0.545. The van der Waals surface area contributed by atoms with E-state index in [0.29, 0.717) is 12.8 Å². The first-order chi connectivity index (χ1) is 9.73. The Morgan fingerprint density at radius 3 is 1.45 bits per heavy atom. The fraction of sp³-hybridized carbons (Fsp3) is 0.158. The van der Waals surface area contributed by atoms with Gasteiger partial charge in [-0.05, 0) is 18.4 Å². The highest BCUT2D eigenvalue weighted by Gasteiger charge is 2.25. The van der Waals surface area contributed by atoms with Gasteiger partial charge in [0.25, 0.3) is 0 Å². The summed E-state index contributed by atoms with van der Waals surface area (Å²) >= 11 is 0. The summed E-state index contributed by atoms with van der Waals surface area (Å²) in [5.74, 6) is 0. The van der Waals surface area contributed by atoms with Crippen LogP contribution in [0.2, 0.25) is 0 Å². The number of aliphatic hydroxyl groups is 1. The Morgan fingerprint density at radius 1 is 0.750 bits per heavy atom. The summed E-state index contributed by atoms with van der Waals surface area (Å²) in [6, 6.07) is 21.6. The Hall–Kier alpha value is -2.12. The van der Waals surface area contributed by atoms with Crippen LogP contribution in [-0.2, 0) is 5.60 Å². The maximum atomic E-state index is 10.3. The van der Waals surface area contributed by atoms with Gasteiger partial charge in [0, 0.05) is 0 Å². The fourth-order valence-corrected chi connectivity index (χ4v) is 1.93. The molecule has 1 heteroatoms. The van der Waals surface area contributed by atoms with E-state index in [2.05, 4.69) is 13.2 Å². The molecule has 0 amide bonds. The van der Waals surface area contributed by atoms with Gasteiger partial charge in [0.05, 0.1) is 5.60 Å². The standard InChI is InChI=1S/C13H16O.C6H6/c1-3-10-13(14,11-4-2)12-8-6-5-7-9-12;1-2-4-6-5-3-1/h3-9,14H,1-2,10-11H2;1-6H. The van der Waals surface area contributed by atoms with Gasteiger partial charge in [0.15, 0.2) is 0 Å². The maximum absolute atomic E-state index is 10.3. The molecule has 0 saturated carbocycles. The van der Waals surface area contributed by atoms with Crippen molar-refractivity contribution in [1.29, 1.82) is 0 Å². The average molecular weight is 266 g/mol. The molecular weight excluding hydrogens is 244 g/mol. The van der Waals surface area contributed by atoms with Crippen LogP contribution in [0.3, 0.4) is 0 Å². The molecule has 2 aromatic rings. The number of rotatable bonds is 5. The summed E-state index contributed by atoms with van der Waals surface area (Å²) in [5.41, 5.74) is 0.0740. The second-order valence-corrected chi connectivity index (χ2v) is 4.54. The molecule has 1 nitrogen and oxygen atoms in total. The zero-order chi connectivity index (χ0) is 14.7. The van der Waals surface area contributed by atoms with Gasteiger partial charge >= 0.3 is 0 Å². The van der Waals surface area contributed by atoms with Crippen molar-refractivity contribution in [2.75, 3.05) is 0 Å². The molecule has 0 radical (unpaired) electrons. The smallest absolute Gasteiger partial charge is 0.0964 e. The van der Waals surface area contributed by atoms with Crippen molar-refractivity contribution in [2.45, 2.75) is 18.4 Å². The Morgan fingerprint density at radius 2 is 1.10 bits per heavy atom. The first-order valence-electron chi connectivity index (χ1n) is 6.72. The molecule has 2 rings (SSSR count). The summed E-state index contributed by atoms with van der Waals surface area (Å²) < 4.78 is 0. The number of hydrogen-bond donors (Lipinski definition) is 1. The second-order valence-electron chi connectivity index (χ2n) is 4.54. The largest absolute Gasteiger partial charge is 0.385 e. The van der Waals surface area contributed by atoms with Gasteiger partial charge < -0.3 is 5.11 Å². The van der Waals surface area contributed by atoms with Gasteiger partial charge in [-0.2, -0.15) is 0 Å². The highest BCUT2D eigenvalue weighted by molar-refractivity contribution is 5.23. The van der Waals surface area contributed by atoms with Gasteiger partial charge in [-0.15, -0.1) is 13.2 Å². The lowest BCUT2D eigenvalue weighted by Crippen LogP contribution is -2.23. The molecular formula is C19H22O. The SMILES string of the molecule is C=CCC(O)(CC=C)c1ccccc1.c1ccccc1. The number of hydrogen-bond acceptors (Lipinski definition) is 1. The van der Waals surface area contributed by atoms with E-state index in [1.807, 2.05) is 66.7 Å². The minimum Gasteiger partial charge on any atom is -0.385 e. The lowest BCUT2D eigenvalue weighted by atomic mass is 9.87. The van der Waals surface area contributed by atoms with Crippen molar-refractivity contribution in [3.8, 4) is 0 Å². The van der Waals surface area contributed by atoms with Crippen LogP contribution in [0.25, 0.3) is 0 Å². The molecule has 104 valence electrons. The summed E-state index contributed by atoms with van der Waals surface area (Å²) in [4.78, 5) is 0. The monoisotopic (exact) mass is 266 g/mol. The highest BCUT2D eigenvalue weighted by Crippen LogP contribution is 2.29. The van der Waals surface area contributed by atoms with E-state index in [1.54, 1.807) is 12.2 Å². The molecule has 0 atom stereocenters. The lowest BCUT2D eigenvalue weighted by molar-refractivity contribution is 0.0430. The van der Waals surface area contributed by atoms with E-state index in [1.165, 1.54) is 0 Å². The van der Waals surface area contributed by atoms with Crippen LogP contribution < -0.4 is 0 Å². The first kappa shape index (κ1) is 15.9. The molecule has 0 aliphatic rings. The zero-order valence-electron chi connectivity index (χ0n) is 11.8. The van der Waals surface area contributed by atoms with E-state index in [9.17, 15) is 5.11 Å². The third-order valence-electron chi connectivity index (χ3n) is 2.94.